The van der Waals surface area contributed by atoms with Crippen molar-refractivity contribution >= 4 is 35.8 Å². The molecule has 29 heavy (non-hydrogen) atoms. The van der Waals surface area contributed by atoms with Crippen LogP contribution < -0.4 is 20.1 Å². The third kappa shape index (κ3) is 7.82. The van der Waals surface area contributed by atoms with Crippen LogP contribution in [0.5, 0.6) is 11.5 Å². The fourth-order valence-electron chi connectivity index (χ4n) is 3.00. The number of carbonyl (C=O) groups excluding carboxylic acids is 1. The molecule has 2 N–H and O–H groups in total. The van der Waals surface area contributed by atoms with Gasteiger partial charge in [0.05, 0.1) is 13.7 Å². The summed E-state index contributed by atoms with van der Waals surface area (Å²) in [5.74, 6) is 1.17. The van der Waals surface area contributed by atoms with Crippen LogP contribution in [0.2, 0.25) is 0 Å². The van der Waals surface area contributed by atoms with Crippen LogP contribution in [-0.2, 0) is 11.3 Å². The largest absolute Gasteiger partial charge is 0.497 e. The topological polar surface area (TPSA) is 75.2 Å². The van der Waals surface area contributed by atoms with Crippen LogP contribution >= 0.6 is 24.0 Å². The van der Waals surface area contributed by atoms with Gasteiger partial charge in [-0.2, -0.15) is 8.78 Å². The van der Waals surface area contributed by atoms with Crippen LogP contribution in [0.3, 0.4) is 0 Å². The van der Waals surface area contributed by atoms with Gasteiger partial charge in [-0.1, -0.05) is 6.92 Å². The summed E-state index contributed by atoms with van der Waals surface area (Å²) in [7, 11) is 1.46. The number of alkyl halides is 2. The number of nitrogens with zero attached hydrogens (tertiary/aromatic N) is 2. The lowest BCUT2D eigenvalue weighted by Gasteiger charge is -2.19. The molecule has 0 aromatic heterocycles. The number of aliphatic imine (C=N–C) groups is 1. The lowest BCUT2D eigenvalue weighted by molar-refractivity contribution is -0.129. The first-order valence-electron chi connectivity index (χ1n) is 9.41. The summed E-state index contributed by atoms with van der Waals surface area (Å²) in [5.41, 5.74) is 0.521. The maximum atomic E-state index is 12.7. The van der Waals surface area contributed by atoms with Gasteiger partial charge >= 0.3 is 6.61 Å². The SMILES string of the molecule is CCNC(=NCc1ccc(OC)cc1OC(F)F)NC1CCN(C(=O)CC)C1.I. The number of nitrogens with one attached hydrogen (secondary N) is 2. The summed E-state index contributed by atoms with van der Waals surface area (Å²) in [4.78, 5) is 18.1. The van der Waals surface area contributed by atoms with E-state index in [1.54, 1.807) is 12.1 Å². The van der Waals surface area contributed by atoms with E-state index in [4.69, 9.17) is 4.74 Å². The zero-order valence-electron chi connectivity index (χ0n) is 16.9. The molecule has 1 aliphatic rings. The zero-order valence-corrected chi connectivity index (χ0v) is 19.2. The quantitative estimate of drug-likeness (QED) is 0.310. The standard InChI is InChI=1S/C19H28F2N4O3.HI/c1-4-17(26)25-9-8-14(12-25)24-19(22-5-2)23-11-13-6-7-15(27-3)10-16(13)28-18(20)21;/h6-7,10,14,18H,4-5,8-9,11-12H2,1-3H3,(H2,22,23,24);1H. The third-order valence-electron chi connectivity index (χ3n) is 4.43. The van der Waals surface area contributed by atoms with Gasteiger partial charge in [0.1, 0.15) is 11.5 Å². The summed E-state index contributed by atoms with van der Waals surface area (Å²) in [6, 6.07) is 4.85. The first-order chi connectivity index (χ1) is 13.5. The number of likely N-dealkylation sites (tertiary alicyclic amines) is 1. The van der Waals surface area contributed by atoms with Gasteiger partial charge in [-0.05, 0) is 25.5 Å². The summed E-state index contributed by atoms with van der Waals surface area (Å²) in [5, 5.41) is 6.45. The fourth-order valence-corrected chi connectivity index (χ4v) is 3.00. The normalized spacial score (nSPS) is 16.4. The van der Waals surface area contributed by atoms with Crippen molar-refractivity contribution in [1.29, 1.82) is 0 Å². The molecule has 1 aromatic rings. The van der Waals surface area contributed by atoms with E-state index in [9.17, 15) is 13.6 Å². The molecular formula is C19H29F2IN4O3. The maximum Gasteiger partial charge on any atom is 0.387 e. The molecule has 0 saturated carbocycles. The molecule has 1 unspecified atom stereocenters. The van der Waals surface area contributed by atoms with Gasteiger partial charge in [0, 0.05) is 43.7 Å². The Morgan fingerprint density at radius 3 is 2.76 bits per heavy atom. The maximum absolute atomic E-state index is 12.7. The predicted molar refractivity (Wildman–Crippen MR) is 118 cm³/mol. The number of methoxy groups -OCH3 is 1. The van der Waals surface area contributed by atoms with Crippen molar-refractivity contribution in [3.05, 3.63) is 23.8 Å². The zero-order chi connectivity index (χ0) is 20.5. The Balaban J connectivity index is 0.00000420. The Bertz CT molecular complexity index is 691. The van der Waals surface area contributed by atoms with Gasteiger partial charge in [0.15, 0.2) is 5.96 Å². The van der Waals surface area contributed by atoms with E-state index in [-0.39, 0.29) is 48.2 Å². The van der Waals surface area contributed by atoms with Crippen molar-refractivity contribution in [3.63, 3.8) is 0 Å². The van der Waals surface area contributed by atoms with Crippen LogP contribution in [0, 0.1) is 0 Å². The van der Waals surface area contributed by atoms with Crippen molar-refractivity contribution < 1.29 is 23.0 Å². The Kier molecular flexibility index (Phi) is 11.0. The Morgan fingerprint density at radius 2 is 2.14 bits per heavy atom. The lowest BCUT2D eigenvalue weighted by atomic mass is 10.2. The molecule has 164 valence electrons. The number of ether oxygens (including phenoxy) is 2. The van der Waals surface area contributed by atoms with E-state index in [1.165, 1.54) is 13.2 Å². The Hall–Kier alpha value is -1.85. The second-order valence-electron chi connectivity index (χ2n) is 6.37. The average Bonchev–Trinajstić information content (AvgIpc) is 3.14. The fraction of sp³-hybridized carbons (Fsp3) is 0.579. The van der Waals surface area contributed by atoms with E-state index in [1.807, 2.05) is 18.7 Å². The van der Waals surface area contributed by atoms with Gasteiger partial charge < -0.3 is 25.0 Å². The number of hydrogen-bond donors (Lipinski definition) is 2. The van der Waals surface area contributed by atoms with Crippen molar-refractivity contribution in [2.75, 3.05) is 26.7 Å². The lowest BCUT2D eigenvalue weighted by Crippen LogP contribution is -2.45. The van der Waals surface area contributed by atoms with Gasteiger partial charge in [-0.3, -0.25) is 4.79 Å². The number of guanidine groups is 1. The van der Waals surface area contributed by atoms with Crippen LogP contribution in [0.15, 0.2) is 23.2 Å². The molecular weight excluding hydrogens is 497 g/mol. The molecule has 0 aliphatic carbocycles. The van der Waals surface area contributed by atoms with E-state index < -0.39 is 6.61 Å². The van der Waals surface area contributed by atoms with E-state index >= 15 is 0 Å². The summed E-state index contributed by atoms with van der Waals surface area (Å²) >= 11 is 0. The first-order valence-corrected chi connectivity index (χ1v) is 9.41. The Labute approximate surface area is 187 Å². The molecule has 1 atom stereocenters. The van der Waals surface area contributed by atoms with Crippen LogP contribution in [0.4, 0.5) is 8.78 Å². The second kappa shape index (κ2) is 12.7. The summed E-state index contributed by atoms with van der Waals surface area (Å²) in [6.45, 7) is 3.01. The summed E-state index contributed by atoms with van der Waals surface area (Å²) < 4.78 is 35.1. The number of halogens is 3. The van der Waals surface area contributed by atoms with Gasteiger partial charge in [-0.25, -0.2) is 4.99 Å². The van der Waals surface area contributed by atoms with Crippen molar-refractivity contribution in [2.45, 2.75) is 45.9 Å². The van der Waals surface area contributed by atoms with Gasteiger partial charge in [0.2, 0.25) is 5.91 Å². The molecule has 1 heterocycles. The molecule has 1 aliphatic heterocycles. The number of carbonyl (C=O) groups is 1. The molecule has 2 rings (SSSR count). The molecule has 1 fully saturated rings. The minimum absolute atomic E-state index is 0. The number of benzene rings is 1. The number of rotatable bonds is 8. The molecule has 0 bridgehead atoms. The predicted octanol–water partition coefficient (Wildman–Crippen LogP) is 2.98. The monoisotopic (exact) mass is 526 g/mol. The highest BCUT2D eigenvalue weighted by molar-refractivity contribution is 14.0. The van der Waals surface area contributed by atoms with Crippen LogP contribution in [0.1, 0.15) is 32.3 Å². The van der Waals surface area contributed by atoms with Gasteiger partial charge in [-0.15, -0.1) is 24.0 Å². The minimum Gasteiger partial charge on any atom is -0.497 e. The van der Waals surface area contributed by atoms with E-state index in [0.29, 0.717) is 43.3 Å². The molecule has 0 spiro atoms. The molecule has 1 aromatic carbocycles. The van der Waals surface area contributed by atoms with Crippen LogP contribution in [0.25, 0.3) is 0 Å². The molecule has 1 amide bonds. The van der Waals surface area contributed by atoms with E-state index in [2.05, 4.69) is 20.4 Å². The Morgan fingerprint density at radius 1 is 1.38 bits per heavy atom. The second-order valence-corrected chi connectivity index (χ2v) is 6.37. The average molecular weight is 526 g/mol. The van der Waals surface area contributed by atoms with Crippen molar-refractivity contribution in [1.82, 2.24) is 15.5 Å². The van der Waals surface area contributed by atoms with E-state index in [0.717, 1.165) is 6.42 Å². The summed E-state index contributed by atoms with van der Waals surface area (Å²) in [6.07, 6.45) is 1.32. The first kappa shape index (κ1) is 25.2. The molecule has 10 heteroatoms. The number of hydrogen-bond acceptors (Lipinski definition) is 4. The van der Waals surface area contributed by atoms with Crippen molar-refractivity contribution in [3.8, 4) is 11.5 Å². The smallest absolute Gasteiger partial charge is 0.387 e. The highest BCUT2D eigenvalue weighted by Crippen LogP contribution is 2.27. The van der Waals surface area contributed by atoms with Crippen LogP contribution in [-0.4, -0.2) is 56.2 Å². The van der Waals surface area contributed by atoms with Crippen molar-refractivity contribution in [2.24, 2.45) is 4.99 Å². The number of amides is 1. The third-order valence-corrected chi connectivity index (χ3v) is 4.43. The molecule has 0 radical (unpaired) electrons. The molecule has 7 nitrogen and oxygen atoms in total. The minimum atomic E-state index is -2.93. The highest BCUT2D eigenvalue weighted by Gasteiger charge is 2.25. The molecule has 1 saturated heterocycles. The van der Waals surface area contributed by atoms with Gasteiger partial charge in [0.25, 0.3) is 0 Å². The highest BCUT2D eigenvalue weighted by atomic mass is 127.